The van der Waals surface area contributed by atoms with Crippen molar-refractivity contribution in [2.45, 2.75) is 19.9 Å². The van der Waals surface area contributed by atoms with E-state index in [1.807, 2.05) is 19.1 Å². The molecular weight excluding hydrogens is 238 g/mol. The van der Waals surface area contributed by atoms with Gasteiger partial charge in [0.25, 0.3) is 0 Å². The molecular formula is C11H19N3O2S. The molecule has 5 nitrogen and oxygen atoms in total. The molecule has 0 aliphatic carbocycles. The van der Waals surface area contributed by atoms with Crippen LogP contribution in [0.2, 0.25) is 0 Å². The highest BCUT2D eigenvalue weighted by Gasteiger charge is 2.18. The van der Waals surface area contributed by atoms with Gasteiger partial charge in [-0.2, -0.15) is 13.1 Å². The fourth-order valence-electron chi connectivity index (χ4n) is 1.45. The van der Waals surface area contributed by atoms with Crippen LogP contribution in [-0.4, -0.2) is 22.0 Å². The molecule has 96 valence electrons. The number of hydrogen-bond donors (Lipinski definition) is 2. The van der Waals surface area contributed by atoms with Crippen LogP contribution in [-0.2, 0) is 16.8 Å². The first-order valence-corrected chi connectivity index (χ1v) is 6.98. The van der Waals surface area contributed by atoms with Crippen molar-refractivity contribution in [3.63, 3.8) is 0 Å². The minimum Gasteiger partial charge on any atom is -0.326 e. The lowest BCUT2D eigenvalue weighted by atomic mass is 10.2. The van der Waals surface area contributed by atoms with Crippen LogP contribution in [0.25, 0.3) is 0 Å². The Morgan fingerprint density at radius 1 is 1.35 bits per heavy atom. The van der Waals surface area contributed by atoms with Crippen molar-refractivity contribution in [2.24, 2.45) is 5.73 Å². The van der Waals surface area contributed by atoms with Crippen LogP contribution in [0.3, 0.4) is 0 Å². The lowest BCUT2D eigenvalue weighted by Gasteiger charge is -2.22. The Hall–Kier alpha value is -1.11. The van der Waals surface area contributed by atoms with E-state index in [1.54, 1.807) is 12.1 Å². The second-order valence-corrected chi connectivity index (χ2v) is 5.49. The third kappa shape index (κ3) is 3.42. The summed E-state index contributed by atoms with van der Waals surface area (Å²) in [6, 6.07) is 7.19. The lowest BCUT2D eigenvalue weighted by molar-refractivity contribution is 0.579. The summed E-state index contributed by atoms with van der Waals surface area (Å²) in [5.74, 6) is 0. The van der Waals surface area contributed by atoms with Crippen molar-refractivity contribution in [2.75, 3.05) is 17.9 Å². The average Bonchev–Trinajstić information content (AvgIpc) is 2.35. The normalized spacial score (nSPS) is 11.5. The van der Waals surface area contributed by atoms with Gasteiger partial charge in [-0.05, 0) is 18.1 Å². The monoisotopic (exact) mass is 257 g/mol. The zero-order valence-corrected chi connectivity index (χ0v) is 11.0. The van der Waals surface area contributed by atoms with Crippen molar-refractivity contribution in [1.29, 1.82) is 0 Å². The summed E-state index contributed by atoms with van der Waals surface area (Å²) in [5.41, 5.74) is 7.00. The molecule has 0 atom stereocenters. The van der Waals surface area contributed by atoms with Crippen molar-refractivity contribution in [3.05, 3.63) is 29.8 Å². The van der Waals surface area contributed by atoms with Gasteiger partial charge in [0.2, 0.25) is 0 Å². The van der Waals surface area contributed by atoms with Crippen LogP contribution in [0, 0.1) is 0 Å². The molecule has 1 aromatic carbocycles. The standard InChI is InChI=1S/C11H19N3O2S/c1-3-8-13-17(15,16)14(2)11-7-5-4-6-10(11)9-12/h4-7,13H,3,8-9,12H2,1-2H3. The van der Waals surface area contributed by atoms with E-state index in [2.05, 4.69) is 4.72 Å². The Labute approximate surface area is 103 Å². The maximum atomic E-state index is 11.9. The van der Waals surface area contributed by atoms with E-state index in [0.717, 1.165) is 12.0 Å². The molecule has 0 unspecified atom stereocenters. The van der Waals surface area contributed by atoms with Crippen LogP contribution in [0.5, 0.6) is 0 Å². The Morgan fingerprint density at radius 3 is 2.59 bits per heavy atom. The average molecular weight is 257 g/mol. The first kappa shape index (κ1) is 14.0. The Kier molecular flexibility index (Phi) is 4.92. The summed E-state index contributed by atoms with van der Waals surface area (Å²) in [6.07, 6.45) is 0.756. The summed E-state index contributed by atoms with van der Waals surface area (Å²) in [7, 11) is -1.96. The highest BCUT2D eigenvalue weighted by atomic mass is 32.2. The van der Waals surface area contributed by atoms with Crippen LogP contribution in [0.4, 0.5) is 5.69 Å². The highest BCUT2D eigenvalue weighted by molar-refractivity contribution is 7.90. The van der Waals surface area contributed by atoms with E-state index in [1.165, 1.54) is 11.4 Å². The second-order valence-electron chi connectivity index (χ2n) is 3.70. The number of anilines is 1. The van der Waals surface area contributed by atoms with Gasteiger partial charge in [-0.25, -0.2) is 0 Å². The van der Waals surface area contributed by atoms with Crippen LogP contribution in [0.15, 0.2) is 24.3 Å². The first-order valence-electron chi connectivity index (χ1n) is 5.54. The van der Waals surface area contributed by atoms with E-state index in [-0.39, 0.29) is 0 Å². The van der Waals surface area contributed by atoms with E-state index in [0.29, 0.717) is 18.8 Å². The topological polar surface area (TPSA) is 75.4 Å². The minimum absolute atomic E-state index is 0.309. The Balaban J connectivity index is 2.99. The van der Waals surface area contributed by atoms with Gasteiger partial charge < -0.3 is 5.73 Å². The predicted octanol–water partition coefficient (Wildman–Crippen LogP) is 0.826. The molecule has 0 spiro atoms. The van der Waals surface area contributed by atoms with Gasteiger partial charge in [-0.15, -0.1) is 0 Å². The molecule has 0 bridgehead atoms. The van der Waals surface area contributed by atoms with Crippen molar-refractivity contribution < 1.29 is 8.42 Å². The van der Waals surface area contributed by atoms with Crippen molar-refractivity contribution >= 4 is 15.9 Å². The van der Waals surface area contributed by atoms with E-state index < -0.39 is 10.2 Å². The van der Waals surface area contributed by atoms with Gasteiger partial charge in [-0.3, -0.25) is 4.31 Å². The Morgan fingerprint density at radius 2 is 2.00 bits per heavy atom. The molecule has 6 heteroatoms. The highest BCUT2D eigenvalue weighted by Crippen LogP contribution is 2.20. The molecule has 0 amide bonds. The van der Waals surface area contributed by atoms with Gasteiger partial charge in [0.15, 0.2) is 0 Å². The smallest absolute Gasteiger partial charge is 0.301 e. The van der Waals surface area contributed by atoms with Gasteiger partial charge in [-0.1, -0.05) is 25.1 Å². The molecule has 0 radical (unpaired) electrons. The molecule has 0 aliphatic rings. The molecule has 0 aromatic heterocycles. The summed E-state index contributed by atoms with van der Waals surface area (Å²) in [5, 5.41) is 0. The summed E-state index contributed by atoms with van der Waals surface area (Å²) in [4.78, 5) is 0. The van der Waals surface area contributed by atoms with E-state index >= 15 is 0 Å². The lowest BCUT2D eigenvalue weighted by Crippen LogP contribution is -2.39. The number of nitrogens with one attached hydrogen (secondary N) is 1. The quantitative estimate of drug-likeness (QED) is 0.792. The molecule has 0 saturated heterocycles. The molecule has 3 N–H and O–H groups in total. The second kappa shape index (κ2) is 6.00. The number of benzene rings is 1. The molecule has 17 heavy (non-hydrogen) atoms. The maximum absolute atomic E-state index is 11.9. The summed E-state index contributed by atoms with van der Waals surface area (Å²) in [6.45, 7) is 2.65. The van der Waals surface area contributed by atoms with Crippen LogP contribution >= 0.6 is 0 Å². The fraction of sp³-hybridized carbons (Fsp3) is 0.455. The van der Waals surface area contributed by atoms with Crippen molar-refractivity contribution in [1.82, 2.24) is 4.72 Å². The number of para-hydroxylation sites is 1. The Bertz CT molecular complexity index is 460. The largest absolute Gasteiger partial charge is 0.326 e. The third-order valence-corrected chi connectivity index (χ3v) is 3.93. The molecule has 1 aromatic rings. The number of nitrogens with zero attached hydrogens (tertiary/aromatic N) is 1. The number of hydrogen-bond acceptors (Lipinski definition) is 3. The molecule has 0 saturated carbocycles. The molecule has 0 fully saturated rings. The van der Waals surface area contributed by atoms with Gasteiger partial charge in [0, 0.05) is 20.1 Å². The van der Waals surface area contributed by atoms with Gasteiger partial charge in [0.05, 0.1) is 5.69 Å². The molecule has 0 heterocycles. The maximum Gasteiger partial charge on any atom is 0.301 e. The molecule has 1 rings (SSSR count). The van der Waals surface area contributed by atoms with Crippen molar-refractivity contribution in [3.8, 4) is 0 Å². The van der Waals surface area contributed by atoms with E-state index in [4.69, 9.17) is 5.73 Å². The van der Waals surface area contributed by atoms with Crippen LogP contribution in [0.1, 0.15) is 18.9 Å². The minimum atomic E-state index is -3.48. The third-order valence-electron chi connectivity index (χ3n) is 2.45. The molecule has 0 aliphatic heterocycles. The SMILES string of the molecule is CCCNS(=O)(=O)N(C)c1ccccc1CN. The van der Waals surface area contributed by atoms with Gasteiger partial charge >= 0.3 is 10.2 Å². The van der Waals surface area contributed by atoms with E-state index in [9.17, 15) is 8.42 Å². The summed E-state index contributed by atoms with van der Waals surface area (Å²) < 4.78 is 27.6. The summed E-state index contributed by atoms with van der Waals surface area (Å²) >= 11 is 0. The van der Waals surface area contributed by atoms with Gasteiger partial charge in [0.1, 0.15) is 0 Å². The fourth-order valence-corrected chi connectivity index (χ4v) is 2.54. The zero-order chi connectivity index (χ0) is 12.9. The number of nitrogens with two attached hydrogens (primary N) is 1. The first-order chi connectivity index (χ1) is 8.03. The van der Waals surface area contributed by atoms with Crippen LogP contribution < -0.4 is 14.8 Å². The predicted molar refractivity (Wildman–Crippen MR) is 69.9 cm³/mol. The zero-order valence-electron chi connectivity index (χ0n) is 10.2. The number of rotatable bonds is 6.